The molecular weight excluding hydrogens is 567 g/mol. The fraction of sp³-hybridized carbons (Fsp3) is 0.227. The van der Waals surface area contributed by atoms with Crippen LogP contribution in [-0.4, -0.2) is 12.9 Å². The van der Waals surface area contributed by atoms with Crippen LogP contribution in [0.1, 0.15) is 68.4 Å². The monoisotopic (exact) mass is 606 g/mol. The highest BCUT2D eigenvalue weighted by molar-refractivity contribution is 6.93. The van der Waals surface area contributed by atoms with Gasteiger partial charge in [-0.1, -0.05) is 120 Å². The third-order valence-electron chi connectivity index (χ3n) is 11.8. The summed E-state index contributed by atoms with van der Waals surface area (Å²) in [6.07, 6.45) is 0. The standard InChI is InChI=1S/C44H39BN2/c1-26-22-34-33-24-27-12-7-8-13-28(27)25-37(33)47(30-20-18-29(19-21-30)43(2,3)4)45-36-17-11-15-32-39-31-14-9-10-16-35(31)44(5,6)42(39)46(41(32)36)38(23-26)40(34)45/h7-25,39,42H,1-6H3. The molecule has 4 aliphatic rings. The van der Waals surface area contributed by atoms with Crippen molar-refractivity contribution in [2.75, 3.05) is 9.71 Å². The van der Waals surface area contributed by atoms with E-state index in [0.29, 0.717) is 12.0 Å². The number of benzene rings is 6. The first kappa shape index (κ1) is 27.4. The van der Waals surface area contributed by atoms with Gasteiger partial charge in [-0.05, 0) is 97.7 Å². The van der Waals surface area contributed by atoms with Gasteiger partial charge in [0, 0.05) is 39.6 Å². The Hall–Kier alpha value is -4.76. The fourth-order valence-corrected chi connectivity index (χ4v) is 9.75. The summed E-state index contributed by atoms with van der Waals surface area (Å²) < 4.78 is 0. The van der Waals surface area contributed by atoms with E-state index in [4.69, 9.17) is 0 Å². The molecule has 0 saturated carbocycles. The molecule has 0 fully saturated rings. The maximum atomic E-state index is 2.78. The molecule has 0 N–H and O–H groups in total. The highest BCUT2D eigenvalue weighted by Crippen LogP contribution is 2.61. The lowest BCUT2D eigenvalue weighted by Crippen LogP contribution is -2.63. The van der Waals surface area contributed by atoms with Crippen molar-refractivity contribution in [2.45, 2.75) is 64.3 Å². The van der Waals surface area contributed by atoms with E-state index < -0.39 is 0 Å². The Balaban J connectivity index is 1.31. The summed E-state index contributed by atoms with van der Waals surface area (Å²) in [5, 5.41) is 2.57. The molecule has 3 heterocycles. The molecule has 6 aromatic carbocycles. The molecule has 3 heteroatoms. The summed E-state index contributed by atoms with van der Waals surface area (Å²) in [6, 6.07) is 44.8. The molecule has 0 amide bonds. The van der Waals surface area contributed by atoms with Gasteiger partial charge in [-0.15, -0.1) is 0 Å². The summed E-state index contributed by atoms with van der Waals surface area (Å²) in [7, 11) is 0. The van der Waals surface area contributed by atoms with Crippen molar-refractivity contribution in [1.82, 2.24) is 0 Å². The van der Waals surface area contributed by atoms with E-state index in [1.54, 1.807) is 0 Å². The van der Waals surface area contributed by atoms with E-state index >= 15 is 0 Å². The van der Waals surface area contributed by atoms with Crippen LogP contribution >= 0.6 is 0 Å². The van der Waals surface area contributed by atoms with Gasteiger partial charge in [0.1, 0.15) is 0 Å². The Kier molecular flexibility index (Phi) is 5.23. The van der Waals surface area contributed by atoms with Crippen LogP contribution in [0.15, 0.2) is 115 Å². The Morgan fingerprint density at radius 2 is 1.38 bits per heavy atom. The largest absolute Gasteiger partial charge is 0.376 e. The Morgan fingerprint density at radius 3 is 2.15 bits per heavy atom. The highest BCUT2D eigenvalue weighted by Gasteiger charge is 2.58. The highest BCUT2D eigenvalue weighted by atomic mass is 15.2. The molecule has 0 radical (unpaired) electrons. The molecule has 1 aliphatic carbocycles. The number of para-hydroxylation sites is 1. The van der Waals surface area contributed by atoms with Crippen LogP contribution in [0.25, 0.3) is 21.9 Å². The van der Waals surface area contributed by atoms with Gasteiger partial charge in [0.05, 0.1) is 6.04 Å². The summed E-state index contributed by atoms with van der Waals surface area (Å²) in [5.74, 6) is 0.344. The molecule has 0 saturated heterocycles. The summed E-state index contributed by atoms with van der Waals surface area (Å²) >= 11 is 0. The van der Waals surface area contributed by atoms with Gasteiger partial charge in [0.15, 0.2) is 0 Å². The SMILES string of the molecule is Cc1cc2c3c(c1)N1c4c(cccc4C4c5ccccc5C(C)(C)C41)B3N(c1ccc(C(C)(C)C)cc1)c1cc3ccccc3cc1-2. The number of hydrogen-bond donors (Lipinski definition) is 0. The third-order valence-corrected chi connectivity index (χ3v) is 11.8. The molecule has 2 atom stereocenters. The number of hydrogen-bond acceptors (Lipinski definition) is 2. The molecule has 3 aliphatic heterocycles. The van der Waals surface area contributed by atoms with Gasteiger partial charge in [-0.2, -0.15) is 0 Å². The van der Waals surface area contributed by atoms with Crippen molar-refractivity contribution in [1.29, 1.82) is 0 Å². The first-order chi connectivity index (χ1) is 22.6. The van der Waals surface area contributed by atoms with Crippen molar-refractivity contribution in [3.63, 3.8) is 0 Å². The first-order valence-corrected chi connectivity index (χ1v) is 17.2. The molecule has 0 aromatic heterocycles. The minimum Gasteiger partial charge on any atom is -0.376 e. The van der Waals surface area contributed by atoms with E-state index in [1.807, 2.05) is 0 Å². The van der Waals surface area contributed by atoms with Crippen LogP contribution in [0.4, 0.5) is 22.7 Å². The van der Waals surface area contributed by atoms with Crippen molar-refractivity contribution < 1.29 is 0 Å². The zero-order valence-corrected chi connectivity index (χ0v) is 28.1. The molecule has 2 unspecified atom stereocenters. The lowest BCUT2D eigenvalue weighted by Gasteiger charge is -2.47. The van der Waals surface area contributed by atoms with Crippen molar-refractivity contribution >= 4 is 51.3 Å². The predicted molar refractivity (Wildman–Crippen MR) is 200 cm³/mol. The summed E-state index contributed by atoms with van der Waals surface area (Å²) in [4.78, 5) is 5.44. The van der Waals surface area contributed by atoms with Crippen LogP contribution in [0, 0.1) is 6.92 Å². The second-order valence-corrected chi connectivity index (χ2v) is 15.9. The fourth-order valence-electron chi connectivity index (χ4n) is 9.75. The molecule has 6 aromatic rings. The topological polar surface area (TPSA) is 6.48 Å². The van der Waals surface area contributed by atoms with Gasteiger partial charge in [0.25, 0.3) is 0 Å². The number of rotatable bonds is 1. The van der Waals surface area contributed by atoms with Crippen molar-refractivity contribution in [3.05, 3.63) is 143 Å². The summed E-state index contributed by atoms with van der Waals surface area (Å²) in [6.45, 7) is 14.2. The summed E-state index contributed by atoms with van der Waals surface area (Å²) in [5.41, 5.74) is 18.1. The zero-order valence-electron chi connectivity index (χ0n) is 28.1. The predicted octanol–water partition coefficient (Wildman–Crippen LogP) is 9.63. The maximum Gasteiger partial charge on any atom is 0.333 e. The quantitative estimate of drug-likeness (QED) is 0.172. The second kappa shape index (κ2) is 8.98. The Morgan fingerprint density at radius 1 is 0.681 bits per heavy atom. The van der Waals surface area contributed by atoms with Gasteiger partial charge >= 0.3 is 6.85 Å². The molecule has 2 nitrogen and oxygen atoms in total. The van der Waals surface area contributed by atoms with Crippen LogP contribution in [0.3, 0.4) is 0 Å². The average molecular weight is 607 g/mol. The van der Waals surface area contributed by atoms with E-state index in [2.05, 4.69) is 167 Å². The van der Waals surface area contributed by atoms with Crippen LogP contribution in [0.2, 0.25) is 0 Å². The van der Waals surface area contributed by atoms with Gasteiger partial charge in [-0.25, -0.2) is 0 Å². The molecule has 228 valence electrons. The lowest BCUT2D eigenvalue weighted by molar-refractivity contribution is 0.431. The number of aryl methyl sites for hydroxylation is 1. The molecule has 10 rings (SSSR count). The van der Waals surface area contributed by atoms with Crippen molar-refractivity contribution in [3.8, 4) is 11.1 Å². The lowest BCUT2D eigenvalue weighted by atomic mass is 9.43. The Labute approximate surface area is 278 Å². The Bertz CT molecular complexity index is 2310. The van der Waals surface area contributed by atoms with Gasteiger partial charge in [-0.3, -0.25) is 0 Å². The van der Waals surface area contributed by atoms with E-state index in [9.17, 15) is 0 Å². The van der Waals surface area contributed by atoms with E-state index in [-0.39, 0.29) is 17.7 Å². The first-order valence-electron chi connectivity index (χ1n) is 17.2. The number of nitrogens with zero attached hydrogens (tertiary/aromatic N) is 2. The second-order valence-electron chi connectivity index (χ2n) is 15.9. The van der Waals surface area contributed by atoms with E-state index in [1.165, 1.54) is 83.4 Å². The van der Waals surface area contributed by atoms with E-state index in [0.717, 1.165) is 0 Å². The third kappa shape index (κ3) is 3.47. The maximum absolute atomic E-state index is 2.78. The van der Waals surface area contributed by atoms with Gasteiger partial charge in [0.2, 0.25) is 0 Å². The normalized spacial score (nSPS) is 19.3. The smallest absolute Gasteiger partial charge is 0.333 e. The van der Waals surface area contributed by atoms with Gasteiger partial charge < -0.3 is 9.71 Å². The molecule has 47 heavy (non-hydrogen) atoms. The minimum atomic E-state index is -0.00767. The minimum absolute atomic E-state index is 0.00767. The molecule has 0 spiro atoms. The van der Waals surface area contributed by atoms with Crippen molar-refractivity contribution in [2.24, 2.45) is 0 Å². The molecule has 0 bridgehead atoms. The number of fused-ring (bicyclic) bond motifs is 10. The van der Waals surface area contributed by atoms with Crippen LogP contribution < -0.4 is 20.6 Å². The molecular formula is C44H39BN2. The zero-order chi connectivity index (χ0) is 32.0. The van der Waals surface area contributed by atoms with Crippen LogP contribution in [-0.2, 0) is 10.8 Å². The average Bonchev–Trinajstić information content (AvgIpc) is 3.53. The number of anilines is 4. The van der Waals surface area contributed by atoms with Crippen LogP contribution in [0.5, 0.6) is 0 Å².